The third-order valence-electron chi connectivity index (χ3n) is 2.70. The van der Waals surface area contributed by atoms with Gasteiger partial charge in [-0.2, -0.15) is 0 Å². The van der Waals surface area contributed by atoms with Gasteiger partial charge in [0, 0.05) is 12.3 Å². The van der Waals surface area contributed by atoms with Gasteiger partial charge in [0.15, 0.2) is 5.82 Å². The number of hydrogen-bond acceptors (Lipinski definition) is 5. The zero-order chi connectivity index (χ0) is 14.5. The largest absolute Gasteiger partial charge is 0.398 e. The van der Waals surface area contributed by atoms with Gasteiger partial charge >= 0.3 is 0 Å². The normalized spacial score (nSPS) is 11.2. The van der Waals surface area contributed by atoms with E-state index in [1.807, 2.05) is 0 Å². The lowest BCUT2D eigenvalue weighted by molar-refractivity contribution is 0.101. The van der Waals surface area contributed by atoms with Crippen molar-refractivity contribution in [3.63, 3.8) is 0 Å². The Bertz CT molecular complexity index is 549. The van der Waals surface area contributed by atoms with E-state index >= 15 is 0 Å². The highest BCUT2D eigenvalue weighted by Crippen LogP contribution is 2.31. The standard InChI is InChI=1S/C13H18ClN5O/c1-9(2)8-20-7-6-19-13(16-17-18-19)12-10(14)4-3-5-11(12)15/h3-5,9H,6-8,15H2,1-2H3. The van der Waals surface area contributed by atoms with E-state index in [-0.39, 0.29) is 0 Å². The Labute approximate surface area is 122 Å². The Kier molecular flexibility index (Phi) is 4.92. The smallest absolute Gasteiger partial charge is 0.185 e. The third-order valence-corrected chi connectivity index (χ3v) is 3.01. The number of rotatable bonds is 6. The minimum atomic E-state index is 0.502. The summed E-state index contributed by atoms with van der Waals surface area (Å²) in [6.07, 6.45) is 0. The predicted octanol–water partition coefficient (Wildman–Crippen LogP) is 2.25. The van der Waals surface area contributed by atoms with Crippen LogP contribution in [-0.4, -0.2) is 33.4 Å². The molecule has 0 aliphatic heterocycles. The summed E-state index contributed by atoms with van der Waals surface area (Å²) in [7, 11) is 0. The van der Waals surface area contributed by atoms with Crippen LogP contribution in [0, 0.1) is 5.92 Å². The fourth-order valence-electron chi connectivity index (χ4n) is 1.78. The maximum atomic E-state index is 6.18. The minimum Gasteiger partial charge on any atom is -0.398 e. The summed E-state index contributed by atoms with van der Waals surface area (Å²) < 4.78 is 7.19. The predicted molar refractivity (Wildman–Crippen MR) is 78.3 cm³/mol. The van der Waals surface area contributed by atoms with Crippen molar-refractivity contribution in [1.82, 2.24) is 20.2 Å². The van der Waals surface area contributed by atoms with E-state index in [4.69, 9.17) is 22.1 Å². The van der Waals surface area contributed by atoms with Gasteiger partial charge in [0.25, 0.3) is 0 Å². The number of nitrogens with two attached hydrogens (primary N) is 1. The van der Waals surface area contributed by atoms with Gasteiger partial charge in [-0.15, -0.1) is 5.10 Å². The number of hydrogen-bond donors (Lipinski definition) is 1. The molecule has 2 aromatic rings. The number of ether oxygens (including phenoxy) is 1. The molecule has 0 saturated carbocycles. The quantitative estimate of drug-likeness (QED) is 0.653. The second-order valence-corrected chi connectivity index (χ2v) is 5.31. The molecular formula is C13H18ClN5O. The number of nitrogens with zero attached hydrogens (tertiary/aromatic N) is 4. The summed E-state index contributed by atoms with van der Waals surface area (Å²) >= 11 is 6.18. The average Bonchev–Trinajstić information content (AvgIpc) is 2.82. The lowest BCUT2D eigenvalue weighted by Crippen LogP contribution is -2.12. The van der Waals surface area contributed by atoms with E-state index in [0.29, 0.717) is 47.8 Å². The first kappa shape index (κ1) is 14.7. The molecule has 108 valence electrons. The molecule has 1 aromatic heterocycles. The van der Waals surface area contributed by atoms with Crippen molar-refractivity contribution in [2.45, 2.75) is 20.4 Å². The van der Waals surface area contributed by atoms with Crippen molar-refractivity contribution in [2.75, 3.05) is 18.9 Å². The topological polar surface area (TPSA) is 78.8 Å². The second kappa shape index (κ2) is 6.67. The molecule has 2 N–H and O–H groups in total. The van der Waals surface area contributed by atoms with E-state index in [1.54, 1.807) is 22.9 Å². The summed E-state index contributed by atoms with van der Waals surface area (Å²) in [4.78, 5) is 0. The van der Waals surface area contributed by atoms with Gasteiger partial charge in [0.1, 0.15) is 0 Å². The number of nitrogen functional groups attached to an aromatic ring is 1. The van der Waals surface area contributed by atoms with Gasteiger partial charge in [-0.1, -0.05) is 31.5 Å². The molecule has 0 fully saturated rings. The molecule has 0 atom stereocenters. The van der Waals surface area contributed by atoms with Crippen LogP contribution < -0.4 is 5.73 Å². The molecule has 1 heterocycles. The van der Waals surface area contributed by atoms with Gasteiger partial charge in [-0.25, -0.2) is 4.68 Å². The fourth-order valence-corrected chi connectivity index (χ4v) is 2.05. The second-order valence-electron chi connectivity index (χ2n) is 4.90. The molecule has 0 aliphatic rings. The van der Waals surface area contributed by atoms with Crippen LogP contribution in [0.5, 0.6) is 0 Å². The van der Waals surface area contributed by atoms with Gasteiger partial charge in [0.2, 0.25) is 0 Å². The lowest BCUT2D eigenvalue weighted by atomic mass is 10.1. The van der Waals surface area contributed by atoms with Crippen molar-refractivity contribution in [3.8, 4) is 11.4 Å². The van der Waals surface area contributed by atoms with Crippen LogP contribution in [-0.2, 0) is 11.3 Å². The molecule has 6 nitrogen and oxygen atoms in total. The molecule has 7 heteroatoms. The van der Waals surface area contributed by atoms with E-state index in [2.05, 4.69) is 29.4 Å². The van der Waals surface area contributed by atoms with Crippen LogP contribution >= 0.6 is 11.6 Å². The molecule has 0 bridgehead atoms. The molecular weight excluding hydrogens is 278 g/mol. The summed E-state index contributed by atoms with van der Waals surface area (Å²) in [5, 5.41) is 12.2. The summed E-state index contributed by atoms with van der Waals surface area (Å²) in [5.41, 5.74) is 7.16. The summed E-state index contributed by atoms with van der Waals surface area (Å²) in [6.45, 7) is 6.02. The Morgan fingerprint density at radius 2 is 2.20 bits per heavy atom. The maximum absolute atomic E-state index is 6.18. The van der Waals surface area contributed by atoms with Crippen LogP contribution in [0.1, 0.15) is 13.8 Å². The average molecular weight is 296 g/mol. The number of tetrazole rings is 1. The van der Waals surface area contributed by atoms with Crippen molar-refractivity contribution < 1.29 is 4.74 Å². The van der Waals surface area contributed by atoms with Crippen LogP contribution in [0.4, 0.5) is 5.69 Å². The van der Waals surface area contributed by atoms with Gasteiger partial charge < -0.3 is 10.5 Å². The number of aromatic nitrogens is 4. The first-order valence-corrected chi connectivity index (χ1v) is 6.85. The van der Waals surface area contributed by atoms with Crippen molar-refractivity contribution in [2.24, 2.45) is 5.92 Å². The Morgan fingerprint density at radius 3 is 2.90 bits per heavy atom. The number of halogens is 1. The van der Waals surface area contributed by atoms with Gasteiger partial charge in [-0.05, 0) is 28.5 Å². The van der Waals surface area contributed by atoms with Crippen LogP contribution in [0.15, 0.2) is 18.2 Å². The van der Waals surface area contributed by atoms with Crippen LogP contribution in [0.2, 0.25) is 5.02 Å². The Hall–Kier alpha value is -1.66. The third kappa shape index (κ3) is 3.46. The first-order chi connectivity index (χ1) is 9.59. The number of anilines is 1. The van der Waals surface area contributed by atoms with Crippen LogP contribution in [0.25, 0.3) is 11.4 Å². The molecule has 1 aromatic carbocycles. The minimum absolute atomic E-state index is 0.502. The molecule has 0 aliphatic carbocycles. The number of benzene rings is 1. The Morgan fingerprint density at radius 1 is 1.40 bits per heavy atom. The molecule has 0 amide bonds. The molecule has 20 heavy (non-hydrogen) atoms. The fraction of sp³-hybridized carbons (Fsp3) is 0.462. The van der Waals surface area contributed by atoms with Crippen LogP contribution in [0.3, 0.4) is 0 Å². The van der Waals surface area contributed by atoms with Crippen molar-refractivity contribution in [3.05, 3.63) is 23.2 Å². The molecule has 0 saturated heterocycles. The van der Waals surface area contributed by atoms with Gasteiger partial charge in [-0.3, -0.25) is 0 Å². The monoisotopic (exact) mass is 295 g/mol. The highest BCUT2D eigenvalue weighted by Gasteiger charge is 2.15. The van der Waals surface area contributed by atoms with E-state index in [1.165, 1.54) is 0 Å². The molecule has 0 radical (unpaired) electrons. The van der Waals surface area contributed by atoms with E-state index in [0.717, 1.165) is 0 Å². The SMILES string of the molecule is CC(C)COCCn1nnnc1-c1c(N)cccc1Cl. The lowest BCUT2D eigenvalue weighted by Gasteiger charge is -2.09. The highest BCUT2D eigenvalue weighted by atomic mass is 35.5. The van der Waals surface area contributed by atoms with Crippen molar-refractivity contribution in [1.29, 1.82) is 0 Å². The molecule has 0 spiro atoms. The van der Waals surface area contributed by atoms with Crippen molar-refractivity contribution >= 4 is 17.3 Å². The first-order valence-electron chi connectivity index (χ1n) is 6.48. The Balaban J connectivity index is 2.12. The zero-order valence-corrected chi connectivity index (χ0v) is 12.3. The van der Waals surface area contributed by atoms with E-state index < -0.39 is 0 Å². The summed E-state index contributed by atoms with van der Waals surface area (Å²) in [6, 6.07) is 5.33. The molecule has 0 unspecified atom stereocenters. The van der Waals surface area contributed by atoms with E-state index in [9.17, 15) is 0 Å². The summed E-state index contributed by atoms with van der Waals surface area (Å²) in [5.74, 6) is 1.06. The van der Waals surface area contributed by atoms with Gasteiger partial charge in [0.05, 0.1) is 23.7 Å². The zero-order valence-electron chi connectivity index (χ0n) is 11.6. The highest BCUT2D eigenvalue weighted by molar-refractivity contribution is 6.33. The molecule has 2 rings (SSSR count). The maximum Gasteiger partial charge on any atom is 0.185 e.